The third-order valence-corrected chi connectivity index (χ3v) is 12.3. The molecule has 6 nitrogen and oxygen atoms in total. The van der Waals surface area contributed by atoms with Crippen LogP contribution >= 0.6 is 0 Å². The van der Waals surface area contributed by atoms with Crippen molar-refractivity contribution in [1.29, 1.82) is 0 Å². The molecule has 0 rings (SSSR count). The van der Waals surface area contributed by atoms with Crippen molar-refractivity contribution in [2.24, 2.45) is 11.8 Å². The summed E-state index contributed by atoms with van der Waals surface area (Å²) in [4.78, 5) is 37.8. The minimum absolute atomic E-state index is 0.0645. The number of ether oxygens (including phenoxy) is 3. The summed E-state index contributed by atoms with van der Waals surface area (Å²) >= 11 is 0. The zero-order chi connectivity index (χ0) is 43.3. The second kappa shape index (κ2) is 45.9. The van der Waals surface area contributed by atoms with Crippen molar-refractivity contribution in [3.63, 3.8) is 0 Å². The van der Waals surface area contributed by atoms with Gasteiger partial charge in [-0.2, -0.15) is 0 Å². The fourth-order valence-corrected chi connectivity index (χ4v) is 7.96. The monoisotopic (exact) mass is 835 g/mol. The van der Waals surface area contributed by atoms with Crippen LogP contribution in [0.3, 0.4) is 0 Å². The van der Waals surface area contributed by atoms with Crippen molar-refractivity contribution >= 4 is 17.9 Å². The van der Waals surface area contributed by atoms with E-state index in [-0.39, 0.29) is 31.1 Å². The van der Waals surface area contributed by atoms with Crippen LogP contribution in [0, 0.1) is 11.8 Å². The molecule has 0 amide bonds. The van der Waals surface area contributed by atoms with Gasteiger partial charge in [0, 0.05) is 19.3 Å². The molecule has 0 saturated heterocycles. The Morgan fingerprint density at radius 3 is 0.966 bits per heavy atom. The Hall–Kier alpha value is -1.59. The minimum Gasteiger partial charge on any atom is -0.462 e. The molecule has 0 aliphatic heterocycles. The van der Waals surface area contributed by atoms with Crippen molar-refractivity contribution in [2.45, 2.75) is 298 Å². The summed E-state index contributed by atoms with van der Waals surface area (Å²) in [5, 5.41) is 0. The van der Waals surface area contributed by atoms with Crippen molar-refractivity contribution in [1.82, 2.24) is 0 Å². The molecular formula is C53H102O6. The van der Waals surface area contributed by atoms with E-state index < -0.39 is 6.10 Å². The Morgan fingerprint density at radius 2 is 0.644 bits per heavy atom. The van der Waals surface area contributed by atoms with E-state index in [0.717, 1.165) is 69.6 Å². The standard InChI is InChI=1S/C53H102O6/c1-6-8-9-10-11-22-28-33-38-43-51(54)57-46-50(59-53(56)45-40-35-30-25-26-31-36-41-48(3)4)47-58-52(55)44-39-34-29-24-21-19-17-15-13-12-14-16-18-20-23-27-32-37-42-49(5)7-2/h48-50H,6-47H2,1-5H3/t49?,50-/m0/s1. The smallest absolute Gasteiger partial charge is 0.306 e. The van der Waals surface area contributed by atoms with Crippen LogP contribution in [-0.2, 0) is 28.6 Å². The van der Waals surface area contributed by atoms with Crippen molar-refractivity contribution in [2.75, 3.05) is 13.2 Å². The van der Waals surface area contributed by atoms with E-state index in [2.05, 4.69) is 34.6 Å². The maximum atomic E-state index is 12.7. The molecule has 0 saturated carbocycles. The molecule has 0 N–H and O–H groups in total. The minimum atomic E-state index is -0.761. The summed E-state index contributed by atoms with van der Waals surface area (Å²) < 4.78 is 16.7. The molecule has 0 aliphatic rings. The van der Waals surface area contributed by atoms with E-state index in [4.69, 9.17) is 14.2 Å². The highest BCUT2D eigenvalue weighted by atomic mass is 16.6. The van der Waals surface area contributed by atoms with Gasteiger partial charge in [0.05, 0.1) is 0 Å². The zero-order valence-corrected chi connectivity index (χ0v) is 40.4. The third kappa shape index (κ3) is 45.8. The second-order valence-corrected chi connectivity index (χ2v) is 18.9. The maximum Gasteiger partial charge on any atom is 0.306 e. The number of carbonyl (C=O) groups excluding carboxylic acids is 3. The van der Waals surface area contributed by atoms with Gasteiger partial charge in [0.2, 0.25) is 0 Å². The van der Waals surface area contributed by atoms with Gasteiger partial charge in [-0.25, -0.2) is 0 Å². The van der Waals surface area contributed by atoms with E-state index >= 15 is 0 Å². The van der Waals surface area contributed by atoms with Crippen molar-refractivity contribution in [3.8, 4) is 0 Å². The second-order valence-electron chi connectivity index (χ2n) is 18.9. The van der Waals surface area contributed by atoms with Gasteiger partial charge >= 0.3 is 17.9 Å². The molecule has 6 heteroatoms. The van der Waals surface area contributed by atoms with Crippen LogP contribution in [0.5, 0.6) is 0 Å². The van der Waals surface area contributed by atoms with Crippen LogP contribution in [0.1, 0.15) is 291 Å². The lowest BCUT2D eigenvalue weighted by Crippen LogP contribution is -2.30. The van der Waals surface area contributed by atoms with Crippen LogP contribution in [-0.4, -0.2) is 37.2 Å². The molecule has 0 radical (unpaired) electrons. The fraction of sp³-hybridized carbons (Fsp3) is 0.943. The molecule has 0 bridgehead atoms. The number of esters is 3. The highest BCUT2D eigenvalue weighted by molar-refractivity contribution is 5.71. The molecule has 0 aromatic heterocycles. The first kappa shape index (κ1) is 57.4. The molecule has 350 valence electrons. The Morgan fingerprint density at radius 1 is 0.356 bits per heavy atom. The molecule has 2 atom stereocenters. The summed E-state index contributed by atoms with van der Waals surface area (Å²) in [6, 6.07) is 0. The first-order valence-electron chi connectivity index (χ1n) is 26.3. The highest BCUT2D eigenvalue weighted by Gasteiger charge is 2.19. The first-order valence-corrected chi connectivity index (χ1v) is 26.3. The van der Waals surface area contributed by atoms with Gasteiger partial charge in [-0.15, -0.1) is 0 Å². The van der Waals surface area contributed by atoms with Crippen LogP contribution in [0.15, 0.2) is 0 Å². The van der Waals surface area contributed by atoms with Crippen LogP contribution in [0.25, 0.3) is 0 Å². The van der Waals surface area contributed by atoms with E-state index in [1.807, 2.05) is 0 Å². The van der Waals surface area contributed by atoms with E-state index in [1.165, 1.54) is 180 Å². The molecule has 59 heavy (non-hydrogen) atoms. The third-order valence-electron chi connectivity index (χ3n) is 12.3. The maximum absolute atomic E-state index is 12.7. The molecule has 0 aromatic carbocycles. The summed E-state index contributed by atoms with van der Waals surface area (Å²) in [6.07, 6.45) is 46.8. The van der Waals surface area contributed by atoms with Crippen LogP contribution in [0.2, 0.25) is 0 Å². The summed E-state index contributed by atoms with van der Waals surface area (Å²) in [5.74, 6) is 0.833. The lowest BCUT2D eigenvalue weighted by atomic mass is 9.99. The lowest BCUT2D eigenvalue weighted by Gasteiger charge is -2.18. The van der Waals surface area contributed by atoms with Crippen LogP contribution in [0.4, 0.5) is 0 Å². The van der Waals surface area contributed by atoms with Crippen molar-refractivity contribution in [3.05, 3.63) is 0 Å². The molecule has 0 fully saturated rings. The zero-order valence-electron chi connectivity index (χ0n) is 40.4. The summed E-state index contributed by atoms with van der Waals surface area (Å²) in [7, 11) is 0. The number of unbranched alkanes of at least 4 members (excludes halogenated alkanes) is 31. The van der Waals surface area contributed by atoms with Gasteiger partial charge < -0.3 is 14.2 Å². The topological polar surface area (TPSA) is 78.9 Å². The Bertz CT molecular complexity index is 902. The number of hydrogen-bond donors (Lipinski definition) is 0. The number of rotatable bonds is 47. The Kier molecular flexibility index (Phi) is 44.7. The van der Waals surface area contributed by atoms with E-state index in [0.29, 0.717) is 19.3 Å². The van der Waals surface area contributed by atoms with Gasteiger partial charge in [0.15, 0.2) is 6.10 Å². The Labute approximate surface area is 368 Å². The molecule has 0 aromatic rings. The average molecular weight is 835 g/mol. The quantitative estimate of drug-likeness (QED) is 0.0345. The van der Waals surface area contributed by atoms with Gasteiger partial charge in [0.1, 0.15) is 13.2 Å². The van der Waals surface area contributed by atoms with E-state index in [9.17, 15) is 14.4 Å². The molecule has 0 heterocycles. The predicted octanol–water partition coefficient (Wildman–Crippen LogP) is 16.9. The summed E-state index contributed by atoms with van der Waals surface area (Å²) in [6.45, 7) is 11.4. The molecule has 0 spiro atoms. The van der Waals surface area contributed by atoms with E-state index in [1.54, 1.807) is 0 Å². The predicted molar refractivity (Wildman–Crippen MR) is 252 cm³/mol. The van der Waals surface area contributed by atoms with Gasteiger partial charge in [-0.05, 0) is 31.1 Å². The SMILES string of the molecule is CCCCCCCCCCCC(=O)OC[C@@H](COC(=O)CCCCCCCCCCCCCCCCCCCCC(C)CC)OC(=O)CCCCCCCCCC(C)C. The van der Waals surface area contributed by atoms with Gasteiger partial charge in [-0.1, -0.05) is 253 Å². The lowest BCUT2D eigenvalue weighted by molar-refractivity contribution is -0.167. The molecular weight excluding hydrogens is 733 g/mol. The first-order chi connectivity index (χ1) is 28.8. The fourth-order valence-electron chi connectivity index (χ4n) is 7.96. The van der Waals surface area contributed by atoms with Crippen LogP contribution < -0.4 is 0 Å². The molecule has 0 aliphatic carbocycles. The number of hydrogen-bond acceptors (Lipinski definition) is 6. The number of carbonyl (C=O) groups is 3. The summed E-state index contributed by atoms with van der Waals surface area (Å²) in [5.41, 5.74) is 0. The average Bonchev–Trinajstić information content (AvgIpc) is 3.22. The van der Waals surface area contributed by atoms with Crippen molar-refractivity contribution < 1.29 is 28.6 Å². The van der Waals surface area contributed by atoms with Gasteiger partial charge in [-0.3, -0.25) is 14.4 Å². The van der Waals surface area contributed by atoms with Gasteiger partial charge in [0.25, 0.3) is 0 Å². The normalized spacial score (nSPS) is 12.5. The molecule has 1 unspecified atom stereocenters. The largest absolute Gasteiger partial charge is 0.462 e. The highest BCUT2D eigenvalue weighted by Crippen LogP contribution is 2.18. The Balaban J connectivity index is 4.13.